The third-order valence-corrected chi connectivity index (χ3v) is 4.86. The van der Waals surface area contributed by atoms with E-state index in [9.17, 15) is 14.3 Å². The Bertz CT molecular complexity index is 798. The predicted molar refractivity (Wildman–Crippen MR) is 98.1 cm³/mol. The molecule has 2 unspecified atom stereocenters. The Labute approximate surface area is 157 Å². The van der Waals surface area contributed by atoms with Crippen molar-refractivity contribution in [2.24, 2.45) is 11.8 Å². The van der Waals surface area contributed by atoms with E-state index in [0.717, 1.165) is 12.1 Å². The van der Waals surface area contributed by atoms with Crippen molar-refractivity contribution in [1.82, 2.24) is 4.90 Å². The van der Waals surface area contributed by atoms with Gasteiger partial charge in [-0.05, 0) is 36.6 Å². The number of piperidine rings is 1. The van der Waals surface area contributed by atoms with Gasteiger partial charge < -0.3 is 9.84 Å². The molecule has 0 spiro atoms. The van der Waals surface area contributed by atoms with E-state index in [1.54, 1.807) is 0 Å². The molecule has 0 radical (unpaired) electrons. The van der Waals surface area contributed by atoms with Crippen molar-refractivity contribution in [3.8, 4) is 11.5 Å². The summed E-state index contributed by atoms with van der Waals surface area (Å²) < 4.78 is 19.1. The third-order valence-electron chi connectivity index (χ3n) is 4.56. The van der Waals surface area contributed by atoms with Gasteiger partial charge in [0.1, 0.15) is 17.3 Å². The molecule has 1 aliphatic heterocycles. The highest BCUT2D eigenvalue weighted by Gasteiger charge is 2.29. The number of carbonyl (C=O) groups is 1. The minimum atomic E-state index is -0.746. The fourth-order valence-corrected chi connectivity index (χ4v) is 3.63. The molecule has 1 saturated heterocycles. The second kappa shape index (κ2) is 8.06. The number of carboxylic acids is 1. The zero-order valence-electron chi connectivity index (χ0n) is 14.5. The molecule has 0 aromatic heterocycles. The van der Waals surface area contributed by atoms with E-state index in [-0.39, 0.29) is 10.9 Å². The number of ether oxygens (including phenoxy) is 1. The Morgan fingerprint density at radius 1 is 1.27 bits per heavy atom. The zero-order chi connectivity index (χ0) is 18.7. The average molecular weight is 378 g/mol. The average Bonchev–Trinajstić information content (AvgIpc) is 2.58. The van der Waals surface area contributed by atoms with Crippen LogP contribution in [0.25, 0.3) is 0 Å². The van der Waals surface area contributed by atoms with Crippen LogP contribution >= 0.6 is 11.6 Å². The molecule has 26 heavy (non-hydrogen) atoms. The van der Waals surface area contributed by atoms with Crippen LogP contribution < -0.4 is 4.74 Å². The monoisotopic (exact) mass is 377 g/mol. The minimum absolute atomic E-state index is 0.206. The van der Waals surface area contributed by atoms with E-state index in [1.807, 2.05) is 24.3 Å². The lowest BCUT2D eigenvalue weighted by atomic mass is 9.90. The first-order valence-electron chi connectivity index (χ1n) is 8.58. The summed E-state index contributed by atoms with van der Waals surface area (Å²) in [7, 11) is 0. The van der Waals surface area contributed by atoms with Crippen molar-refractivity contribution < 1.29 is 19.0 Å². The van der Waals surface area contributed by atoms with Crippen molar-refractivity contribution >= 4 is 17.6 Å². The number of benzene rings is 2. The summed E-state index contributed by atoms with van der Waals surface area (Å²) in [6.07, 6.45) is 0.704. The molecule has 1 N–H and O–H groups in total. The summed E-state index contributed by atoms with van der Waals surface area (Å²) in [6, 6.07) is 11.6. The first kappa shape index (κ1) is 18.7. The highest BCUT2D eigenvalue weighted by atomic mass is 35.5. The number of para-hydroxylation sites is 1. The van der Waals surface area contributed by atoms with Crippen LogP contribution in [0.15, 0.2) is 42.5 Å². The highest BCUT2D eigenvalue weighted by Crippen LogP contribution is 2.33. The number of hydrogen-bond donors (Lipinski definition) is 1. The second-order valence-corrected chi connectivity index (χ2v) is 7.26. The molecule has 138 valence electrons. The van der Waals surface area contributed by atoms with Gasteiger partial charge in [-0.25, -0.2) is 4.39 Å². The number of nitrogens with zero attached hydrogens (tertiary/aromatic N) is 1. The predicted octanol–water partition coefficient (Wildman–Crippen LogP) is 4.81. The fourth-order valence-electron chi connectivity index (χ4n) is 3.42. The van der Waals surface area contributed by atoms with Crippen molar-refractivity contribution in [3.05, 3.63) is 58.9 Å². The Kier molecular flexibility index (Phi) is 5.79. The first-order chi connectivity index (χ1) is 12.4. The van der Waals surface area contributed by atoms with E-state index in [1.165, 1.54) is 18.2 Å². The van der Waals surface area contributed by atoms with Gasteiger partial charge in [0.2, 0.25) is 0 Å². The van der Waals surface area contributed by atoms with Gasteiger partial charge in [-0.15, -0.1) is 0 Å². The van der Waals surface area contributed by atoms with Crippen molar-refractivity contribution in [2.45, 2.75) is 19.9 Å². The van der Waals surface area contributed by atoms with Crippen LogP contribution in [0, 0.1) is 17.7 Å². The first-order valence-corrected chi connectivity index (χ1v) is 8.96. The number of hydrogen-bond acceptors (Lipinski definition) is 3. The smallest absolute Gasteiger partial charge is 0.307 e. The molecular formula is C20H21ClFNO3. The quantitative estimate of drug-likeness (QED) is 0.812. The van der Waals surface area contributed by atoms with Crippen molar-refractivity contribution in [3.63, 3.8) is 0 Å². The van der Waals surface area contributed by atoms with Gasteiger partial charge in [0, 0.05) is 25.2 Å². The standard InChI is InChI=1S/C20H21ClFNO3/c1-13-8-15(20(24)25)12-23(10-13)11-14-4-2-3-5-18(14)26-19-7-6-16(22)9-17(19)21/h2-7,9,13,15H,8,10-12H2,1H3,(H,24,25). The van der Waals surface area contributed by atoms with Crippen LogP contribution in [-0.4, -0.2) is 29.1 Å². The van der Waals surface area contributed by atoms with Gasteiger partial charge in [0.25, 0.3) is 0 Å². The number of halogens is 2. The summed E-state index contributed by atoms with van der Waals surface area (Å²) >= 11 is 6.06. The Balaban J connectivity index is 1.77. The Morgan fingerprint density at radius 2 is 2.04 bits per heavy atom. The van der Waals surface area contributed by atoms with Crippen molar-refractivity contribution in [1.29, 1.82) is 0 Å². The molecule has 0 aliphatic carbocycles. The number of likely N-dealkylation sites (tertiary alicyclic amines) is 1. The van der Waals surface area contributed by atoms with Crippen LogP contribution in [0.4, 0.5) is 4.39 Å². The van der Waals surface area contributed by atoms with E-state index >= 15 is 0 Å². The molecule has 2 aromatic rings. The normalized spacial score (nSPS) is 20.7. The lowest BCUT2D eigenvalue weighted by molar-refractivity contribution is -0.144. The van der Waals surface area contributed by atoms with Gasteiger partial charge in [0.15, 0.2) is 0 Å². The number of aliphatic carboxylic acids is 1. The summed E-state index contributed by atoms with van der Waals surface area (Å²) in [5.74, 6) is -0.174. The van der Waals surface area contributed by atoms with Gasteiger partial charge in [-0.3, -0.25) is 9.69 Å². The zero-order valence-corrected chi connectivity index (χ0v) is 15.2. The van der Waals surface area contributed by atoms with Gasteiger partial charge >= 0.3 is 5.97 Å². The van der Waals surface area contributed by atoms with Crippen LogP contribution in [0.1, 0.15) is 18.9 Å². The summed E-state index contributed by atoms with van der Waals surface area (Å²) in [5.41, 5.74) is 0.936. The Hall–Kier alpha value is -2.11. The molecule has 2 aromatic carbocycles. The van der Waals surface area contributed by atoms with Gasteiger partial charge in [0.05, 0.1) is 10.9 Å². The molecule has 1 aliphatic rings. The summed E-state index contributed by atoms with van der Waals surface area (Å²) in [6.45, 7) is 4.02. The molecule has 0 saturated carbocycles. The molecule has 1 fully saturated rings. The molecule has 0 bridgehead atoms. The van der Waals surface area contributed by atoms with E-state index in [0.29, 0.717) is 36.9 Å². The van der Waals surface area contributed by atoms with Crippen molar-refractivity contribution in [2.75, 3.05) is 13.1 Å². The highest BCUT2D eigenvalue weighted by molar-refractivity contribution is 6.32. The molecular weight excluding hydrogens is 357 g/mol. The topological polar surface area (TPSA) is 49.8 Å². The fraction of sp³-hybridized carbons (Fsp3) is 0.350. The molecule has 1 heterocycles. The van der Waals surface area contributed by atoms with E-state index < -0.39 is 11.8 Å². The summed E-state index contributed by atoms with van der Waals surface area (Å²) in [5, 5.41) is 9.55. The lowest BCUT2D eigenvalue weighted by Gasteiger charge is -2.34. The molecule has 4 nitrogen and oxygen atoms in total. The number of carboxylic acid groups (broad SMARTS) is 1. The molecule has 2 atom stereocenters. The van der Waals surface area contributed by atoms with Crippen LogP contribution in [0.2, 0.25) is 5.02 Å². The molecule has 0 amide bonds. The van der Waals surface area contributed by atoms with Gasteiger partial charge in [-0.1, -0.05) is 36.7 Å². The second-order valence-electron chi connectivity index (χ2n) is 6.85. The molecule has 6 heteroatoms. The van der Waals surface area contributed by atoms with E-state index in [2.05, 4.69) is 11.8 Å². The van der Waals surface area contributed by atoms with Crippen LogP contribution in [-0.2, 0) is 11.3 Å². The number of rotatable bonds is 5. The summed E-state index contributed by atoms with van der Waals surface area (Å²) in [4.78, 5) is 13.5. The third kappa shape index (κ3) is 4.54. The largest absolute Gasteiger partial charge is 0.481 e. The maximum atomic E-state index is 13.2. The maximum Gasteiger partial charge on any atom is 0.307 e. The molecule has 3 rings (SSSR count). The SMILES string of the molecule is CC1CC(C(=O)O)CN(Cc2ccccc2Oc2ccc(F)cc2Cl)C1. The Morgan fingerprint density at radius 3 is 2.77 bits per heavy atom. The maximum absolute atomic E-state index is 13.2. The van der Waals surface area contributed by atoms with Crippen LogP contribution in [0.3, 0.4) is 0 Å². The van der Waals surface area contributed by atoms with E-state index in [4.69, 9.17) is 16.3 Å². The lowest BCUT2D eigenvalue weighted by Crippen LogP contribution is -2.42. The minimum Gasteiger partial charge on any atom is -0.481 e. The van der Waals surface area contributed by atoms with Gasteiger partial charge in [-0.2, -0.15) is 0 Å². The van der Waals surface area contributed by atoms with Crippen LogP contribution in [0.5, 0.6) is 11.5 Å².